The Hall–Kier alpha value is -2.24. The molecular weight excluding hydrogens is 266 g/mol. The van der Waals surface area contributed by atoms with E-state index < -0.39 is 29.5 Å². The lowest BCUT2D eigenvalue weighted by Gasteiger charge is -2.15. The molecule has 0 spiro atoms. The second-order valence-corrected chi connectivity index (χ2v) is 4.64. The Morgan fingerprint density at radius 2 is 1.85 bits per heavy atom. The monoisotopic (exact) mass is 282 g/mol. The van der Waals surface area contributed by atoms with Gasteiger partial charge in [0.15, 0.2) is 0 Å². The molecule has 2 amide bonds. The maximum atomic E-state index is 13.0. The Morgan fingerprint density at radius 3 is 2.30 bits per heavy atom. The molecule has 0 radical (unpaired) electrons. The topological polar surface area (TPSA) is 72.2 Å². The first-order valence-electron chi connectivity index (χ1n) is 5.96. The maximum Gasteiger partial charge on any atom is 0.240 e. The highest BCUT2D eigenvalue weighted by Gasteiger charge is 2.18. The third-order valence-corrected chi connectivity index (χ3v) is 2.52. The molecule has 0 aliphatic carbocycles. The summed E-state index contributed by atoms with van der Waals surface area (Å²) in [5, 5.41) is 2.42. The number of rotatable bonds is 6. The van der Waals surface area contributed by atoms with Gasteiger partial charge in [0.1, 0.15) is 17.7 Å². The Morgan fingerprint density at radius 1 is 1.30 bits per heavy atom. The number of hydrogen-bond acceptors (Lipinski definition) is 2. The number of benzene rings is 1. The first-order valence-corrected chi connectivity index (χ1v) is 5.96. The fourth-order valence-corrected chi connectivity index (χ4v) is 1.71. The molecule has 0 aromatic heterocycles. The third kappa shape index (κ3) is 5.17. The quantitative estimate of drug-likeness (QED) is 0.775. The van der Waals surface area contributed by atoms with E-state index >= 15 is 0 Å². The average Bonchev–Trinajstić information content (AvgIpc) is 2.25. The first-order chi connectivity index (χ1) is 9.27. The summed E-state index contributed by atoms with van der Waals surface area (Å²) >= 11 is 0. The van der Waals surface area contributed by atoms with Crippen LogP contribution in [0, 0.1) is 11.6 Å². The molecule has 108 valence electrons. The van der Waals surface area contributed by atoms with Crippen molar-refractivity contribution in [2.75, 3.05) is 0 Å². The van der Waals surface area contributed by atoms with E-state index in [-0.39, 0.29) is 18.4 Å². The molecule has 0 aliphatic heterocycles. The molecule has 6 heteroatoms. The average molecular weight is 282 g/mol. The standard InChI is InChI=1S/C14H16F2N2O2/c1-8(2)3-12(14(17)20)18-13(19)6-9-4-10(15)7-11(16)5-9/h4-5,7,12H,1,3,6H2,2H3,(H2,17,20)(H,18,19)/t12-/m0/s1. The number of carbonyl (C=O) groups excluding carboxylic acids is 2. The summed E-state index contributed by atoms with van der Waals surface area (Å²) in [6.45, 7) is 5.33. The third-order valence-electron chi connectivity index (χ3n) is 2.52. The van der Waals surface area contributed by atoms with E-state index in [1.165, 1.54) is 0 Å². The molecule has 1 rings (SSSR count). The van der Waals surface area contributed by atoms with Crippen molar-refractivity contribution in [2.45, 2.75) is 25.8 Å². The van der Waals surface area contributed by atoms with E-state index in [1.54, 1.807) is 6.92 Å². The zero-order valence-electron chi connectivity index (χ0n) is 11.1. The number of nitrogens with two attached hydrogens (primary N) is 1. The minimum atomic E-state index is -0.876. The number of nitrogens with one attached hydrogen (secondary N) is 1. The highest BCUT2D eigenvalue weighted by molar-refractivity contribution is 5.87. The van der Waals surface area contributed by atoms with Gasteiger partial charge < -0.3 is 11.1 Å². The van der Waals surface area contributed by atoms with Crippen LogP contribution in [0.2, 0.25) is 0 Å². The number of amides is 2. The van der Waals surface area contributed by atoms with Crippen molar-refractivity contribution in [1.82, 2.24) is 5.32 Å². The molecule has 0 heterocycles. The predicted molar refractivity (Wildman–Crippen MR) is 70.6 cm³/mol. The summed E-state index contributed by atoms with van der Waals surface area (Å²) in [5.74, 6) is -2.76. The van der Waals surface area contributed by atoms with Crippen molar-refractivity contribution in [3.8, 4) is 0 Å². The first kappa shape index (κ1) is 15.8. The van der Waals surface area contributed by atoms with E-state index in [9.17, 15) is 18.4 Å². The number of halogens is 2. The van der Waals surface area contributed by atoms with Crippen molar-refractivity contribution in [3.63, 3.8) is 0 Å². The van der Waals surface area contributed by atoms with Crippen LogP contribution in [0.4, 0.5) is 8.78 Å². The van der Waals surface area contributed by atoms with Crippen LogP contribution in [-0.4, -0.2) is 17.9 Å². The predicted octanol–water partition coefficient (Wildman–Crippen LogP) is 1.44. The van der Waals surface area contributed by atoms with E-state index in [0.29, 0.717) is 11.6 Å². The Balaban J connectivity index is 2.70. The minimum Gasteiger partial charge on any atom is -0.368 e. The fraction of sp³-hybridized carbons (Fsp3) is 0.286. The lowest BCUT2D eigenvalue weighted by atomic mass is 10.1. The van der Waals surface area contributed by atoms with Gasteiger partial charge in [0, 0.05) is 6.07 Å². The van der Waals surface area contributed by atoms with Gasteiger partial charge in [-0.05, 0) is 31.0 Å². The fourth-order valence-electron chi connectivity index (χ4n) is 1.71. The second-order valence-electron chi connectivity index (χ2n) is 4.64. The van der Waals surface area contributed by atoms with Gasteiger partial charge in [-0.3, -0.25) is 9.59 Å². The maximum absolute atomic E-state index is 13.0. The van der Waals surface area contributed by atoms with Crippen LogP contribution < -0.4 is 11.1 Å². The van der Waals surface area contributed by atoms with Crippen molar-refractivity contribution in [1.29, 1.82) is 0 Å². The molecule has 1 atom stereocenters. The van der Waals surface area contributed by atoms with Crippen LogP contribution in [0.3, 0.4) is 0 Å². The molecule has 0 saturated heterocycles. The van der Waals surface area contributed by atoms with Gasteiger partial charge in [-0.15, -0.1) is 6.58 Å². The van der Waals surface area contributed by atoms with Gasteiger partial charge in [0.2, 0.25) is 11.8 Å². The summed E-state index contributed by atoms with van der Waals surface area (Å²) in [7, 11) is 0. The van der Waals surface area contributed by atoms with Gasteiger partial charge >= 0.3 is 0 Å². The van der Waals surface area contributed by atoms with Gasteiger partial charge in [0.05, 0.1) is 6.42 Å². The summed E-state index contributed by atoms with van der Waals surface area (Å²) < 4.78 is 26.0. The normalized spacial score (nSPS) is 11.8. The second kappa shape index (κ2) is 6.79. The highest BCUT2D eigenvalue weighted by Crippen LogP contribution is 2.09. The molecule has 0 fully saturated rings. The van der Waals surface area contributed by atoms with E-state index in [4.69, 9.17) is 5.73 Å². The van der Waals surface area contributed by atoms with Crippen molar-refractivity contribution >= 4 is 11.8 Å². The van der Waals surface area contributed by atoms with Gasteiger partial charge in [-0.25, -0.2) is 8.78 Å². The zero-order chi connectivity index (χ0) is 15.3. The molecule has 20 heavy (non-hydrogen) atoms. The lowest BCUT2D eigenvalue weighted by molar-refractivity contribution is -0.126. The zero-order valence-corrected chi connectivity index (χ0v) is 11.1. The molecule has 1 aromatic rings. The van der Waals surface area contributed by atoms with Gasteiger partial charge in [0.25, 0.3) is 0 Å². The Bertz CT molecular complexity index is 524. The molecule has 4 nitrogen and oxygen atoms in total. The van der Waals surface area contributed by atoms with E-state index in [2.05, 4.69) is 11.9 Å². The van der Waals surface area contributed by atoms with Crippen LogP contribution >= 0.6 is 0 Å². The van der Waals surface area contributed by atoms with Crippen LogP contribution in [0.25, 0.3) is 0 Å². The number of hydrogen-bond donors (Lipinski definition) is 2. The molecule has 0 bridgehead atoms. The largest absolute Gasteiger partial charge is 0.368 e. The van der Waals surface area contributed by atoms with Crippen molar-refractivity contribution in [2.24, 2.45) is 5.73 Å². The van der Waals surface area contributed by atoms with Crippen LogP contribution in [0.15, 0.2) is 30.4 Å². The number of carbonyl (C=O) groups is 2. The summed E-state index contributed by atoms with van der Waals surface area (Å²) in [4.78, 5) is 22.9. The summed E-state index contributed by atoms with van der Waals surface area (Å²) in [6.07, 6.45) is -0.0206. The summed E-state index contributed by atoms with van der Waals surface area (Å²) in [6, 6.07) is 1.95. The molecule has 0 saturated carbocycles. The lowest BCUT2D eigenvalue weighted by Crippen LogP contribution is -2.45. The summed E-state index contributed by atoms with van der Waals surface area (Å²) in [5.41, 5.74) is 6.03. The van der Waals surface area contributed by atoms with Crippen molar-refractivity contribution in [3.05, 3.63) is 47.5 Å². The van der Waals surface area contributed by atoms with Crippen LogP contribution in [0.1, 0.15) is 18.9 Å². The van der Waals surface area contributed by atoms with Crippen LogP contribution in [-0.2, 0) is 16.0 Å². The molecule has 1 aromatic carbocycles. The minimum absolute atomic E-state index is 0.179. The van der Waals surface area contributed by atoms with Gasteiger partial charge in [-0.2, -0.15) is 0 Å². The number of primary amides is 1. The van der Waals surface area contributed by atoms with Crippen LogP contribution in [0.5, 0.6) is 0 Å². The molecule has 3 N–H and O–H groups in total. The molecule has 0 aliphatic rings. The van der Waals surface area contributed by atoms with E-state index in [0.717, 1.165) is 12.1 Å². The molecular formula is C14H16F2N2O2. The Kier molecular flexibility index (Phi) is 5.37. The van der Waals surface area contributed by atoms with Crippen molar-refractivity contribution < 1.29 is 18.4 Å². The highest BCUT2D eigenvalue weighted by atomic mass is 19.1. The molecule has 0 unspecified atom stereocenters. The Labute approximate surface area is 115 Å². The van der Waals surface area contributed by atoms with Gasteiger partial charge in [-0.1, -0.05) is 5.57 Å². The SMILES string of the molecule is C=C(C)C[C@H](NC(=O)Cc1cc(F)cc(F)c1)C(N)=O. The smallest absolute Gasteiger partial charge is 0.240 e. The van der Waals surface area contributed by atoms with E-state index in [1.807, 2.05) is 0 Å².